The van der Waals surface area contributed by atoms with Gasteiger partial charge in [0.1, 0.15) is 12.4 Å². The highest BCUT2D eigenvalue weighted by atomic mass is 35.5. The van der Waals surface area contributed by atoms with Crippen LogP contribution in [-0.2, 0) is 6.61 Å². The Bertz CT molecular complexity index is 552. The molecule has 0 spiro atoms. The van der Waals surface area contributed by atoms with E-state index < -0.39 is 0 Å². The second-order valence-electron chi connectivity index (χ2n) is 3.93. The van der Waals surface area contributed by atoms with Crippen LogP contribution in [0.1, 0.15) is 11.1 Å². The summed E-state index contributed by atoms with van der Waals surface area (Å²) in [6.07, 6.45) is 1.73. The lowest BCUT2D eigenvalue weighted by Gasteiger charge is -2.09. The van der Waals surface area contributed by atoms with Crippen molar-refractivity contribution in [2.24, 2.45) is 5.10 Å². The van der Waals surface area contributed by atoms with E-state index in [1.165, 1.54) is 0 Å². The molecule has 0 aromatic heterocycles. The second kappa shape index (κ2) is 6.81. The van der Waals surface area contributed by atoms with Gasteiger partial charge < -0.3 is 10.2 Å². The molecule has 98 valence electrons. The summed E-state index contributed by atoms with van der Waals surface area (Å²) in [4.78, 5) is 0. The molecule has 0 atom stereocenters. The van der Waals surface area contributed by atoms with E-state index in [0.29, 0.717) is 6.61 Å². The molecule has 0 fully saturated rings. The maximum Gasteiger partial charge on any atom is 0.128 e. The fourth-order valence-corrected chi connectivity index (χ4v) is 1.72. The lowest BCUT2D eigenvalue weighted by molar-refractivity contribution is 0.306. The van der Waals surface area contributed by atoms with E-state index in [1.807, 2.05) is 48.5 Å². The molecular weight excluding hydrogens is 260 g/mol. The quantitative estimate of drug-likeness (QED) is 0.669. The Morgan fingerprint density at radius 3 is 2.63 bits per heavy atom. The van der Waals surface area contributed by atoms with Crippen LogP contribution in [0.4, 0.5) is 0 Å². The molecule has 2 aromatic carbocycles. The van der Waals surface area contributed by atoms with Gasteiger partial charge in [-0.25, -0.2) is 0 Å². The second-order valence-corrected chi connectivity index (χ2v) is 4.37. The number of hydrogen-bond acceptors (Lipinski definition) is 3. The molecular formula is C15H15ClN2O. The minimum absolute atomic E-state index is 0.502. The van der Waals surface area contributed by atoms with Gasteiger partial charge in [0.25, 0.3) is 0 Å². The number of nitrogens with zero attached hydrogens (tertiary/aromatic N) is 1. The number of para-hydroxylation sites is 1. The molecule has 0 aliphatic carbocycles. The molecule has 3 nitrogen and oxygen atoms in total. The van der Waals surface area contributed by atoms with Crippen molar-refractivity contribution < 1.29 is 4.74 Å². The summed E-state index contributed by atoms with van der Waals surface area (Å²) >= 11 is 5.85. The standard InChI is InChI=1S/C15H15ClN2O/c1-17-18-10-13-4-2-3-5-15(13)19-11-12-6-8-14(16)9-7-12/h2-10,17H,11H2,1H3/b18-10+. The highest BCUT2D eigenvalue weighted by molar-refractivity contribution is 6.30. The number of rotatable bonds is 5. The maximum absolute atomic E-state index is 5.85. The number of ether oxygens (including phenoxy) is 1. The highest BCUT2D eigenvalue weighted by Gasteiger charge is 2.01. The Hall–Kier alpha value is -2.00. The molecule has 4 heteroatoms. The van der Waals surface area contributed by atoms with Gasteiger partial charge in [-0.15, -0.1) is 0 Å². The Kier molecular flexibility index (Phi) is 4.81. The summed E-state index contributed by atoms with van der Waals surface area (Å²) in [6, 6.07) is 15.4. The van der Waals surface area contributed by atoms with Crippen LogP contribution < -0.4 is 10.2 Å². The van der Waals surface area contributed by atoms with Crippen LogP contribution in [0.5, 0.6) is 5.75 Å². The van der Waals surface area contributed by atoms with Crippen LogP contribution in [0.15, 0.2) is 53.6 Å². The summed E-state index contributed by atoms with van der Waals surface area (Å²) in [5.74, 6) is 0.802. The summed E-state index contributed by atoms with van der Waals surface area (Å²) < 4.78 is 5.80. The molecule has 0 saturated heterocycles. The van der Waals surface area contributed by atoms with Gasteiger partial charge in [0.05, 0.1) is 6.21 Å². The monoisotopic (exact) mass is 274 g/mol. The van der Waals surface area contributed by atoms with Crippen LogP contribution >= 0.6 is 11.6 Å². The highest BCUT2D eigenvalue weighted by Crippen LogP contribution is 2.18. The van der Waals surface area contributed by atoms with Gasteiger partial charge in [0.2, 0.25) is 0 Å². The third-order valence-corrected chi connectivity index (χ3v) is 2.81. The third-order valence-electron chi connectivity index (χ3n) is 2.56. The van der Waals surface area contributed by atoms with Crippen LogP contribution in [0, 0.1) is 0 Å². The van der Waals surface area contributed by atoms with Gasteiger partial charge >= 0.3 is 0 Å². The van der Waals surface area contributed by atoms with Gasteiger partial charge in [0, 0.05) is 17.6 Å². The van der Waals surface area contributed by atoms with E-state index in [0.717, 1.165) is 21.9 Å². The van der Waals surface area contributed by atoms with Crippen molar-refractivity contribution >= 4 is 17.8 Å². The molecule has 0 unspecified atom stereocenters. The molecule has 0 bridgehead atoms. The average molecular weight is 275 g/mol. The Balaban J connectivity index is 2.06. The van der Waals surface area contributed by atoms with Crippen LogP contribution in [0.3, 0.4) is 0 Å². The molecule has 0 saturated carbocycles. The summed E-state index contributed by atoms with van der Waals surface area (Å²) in [6.45, 7) is 0.502. The topological polar surface area (TPSA) is 33.6 Å². The van der Waals surface area contributed by atoms with Gasteiger partial charge in [-0.05, 0) is 29.8 Å². The van der Waals surface area contributed by atoms with Crippen LogP contribution in [-0.4, -0.2) is 13.3 Å². The lowest BCUT2D eigenvalue weighted by Crippen LogP contribution is -2.00. The predicted molar refractivity (Wildman–Crippen MR) is 78.9 cm³/mol. The molecule has 1 N–H and O–H groups in total. The molecule has 0 heterocycles. The first-order valence-electron chi connectivity index (χ1n) is 5.95. The first-order chi connectivity index (χ1) is 9.29. The summed E-state index contributed by atoms with van der Waals surface area (Å²) in [5.41, 5.74) is 4.73. The minimum Gasteiger partial charge on any atom is -0.488 e. The van der Waals surface area contributed by atoms with E-state index in [1.54, 1.807) is 13.3 Å². The van der Waals surface area contributed by atoms with Crippen molar-refractivity contribution in [3.63, 3.8) is 0 Å². The van der Waals surface area contributed by atoms with E-state index in [4.69, 9.17) is 16.3 Å². The van der Waals surface area contributed by atoms with Gasteiger partial charge in [-0.3, -0.25) is 0 Å². The molecule has 0 radical (unpaired) electrons. The number of nitrogens with one attached hydrogen (secondary N) is 1. The van der Waals surface area contributed by atoms with E-state index in [-0.39, 0.29) is 0 Å². The van der Waals surface area contributed by atoms with Crippen molar-refractivity contribution in [2.75, 3.05) is 7.05 Å². The van der Waals surface area contributed by atoms with E-state index in [9.17, 15) is 0 Å². The first-order valence-corrected chi connectivity index (χ1v) is 6.33. The van der Waals surface area contributed by atoms with Crippen molar-refractivity contribution in [2.45, 2.75) is 6.61 Å². The first kappa shape index (κ1) is 13.4. The number of benzene rings is 2. The minimum atomic E-state index is 0.502. The molecule has 2 aromatic rings. The molecule has 2 rings (SSSR count). The molecule has 19 heavy (non-hydrogen) atoms. The van der Waals surface area contributed by atoms with Crippen LogP contribution in [0.2, 0.25) is 5.02 Å². The average Bonchev–Trinajstić information content (AvgIpc) is 2.45. The van der Waals surface area contributed by atoms with Crippen molar-refractivity contribution in [3.8, 4) is 5.75 Å². The zero-order valence-corrected chi connectivity index (χ0v) is 11.4. The largest absolute Gasteiger partial charge is 0.488 e. The normalized spacial score (nSPS) is 10.6. The third kappa shape index (κ3) is 4.00. The fraction of sp³-hybridized carbons (Fsp3) is 0.133. The van der Waals surface area contributed by atoms with Crippen molar-refractivity contribution in [1.29, 1.82) is 0 Å². The Morgan fingerprint density at radius 2 is 1.89 bits per heavy atom. The van der Waals surface area contributed by atoms with Crippen molar-refractivity contribution in [3.05, 3.63) is 64.7 Å². The Labute approximate surface area is 117 Å². The van der Waals surface area contributed by atoms with Crippen LogP contribution in [0.25, 0.3) is 0 Å². The zero-order chi connectivity index (χ0) is 13.5. The molecule has 0 aliphatic heterocycles. The van der Waals surface area contributed by atoms with E-state index >= 15 is 0 Å². The zero-order valence-electron chi connectivity index (χ0n) is 10.6. The van der Waals surface area contributed by atoms with E-state index in [2.05, 4.69) is 10.5 Å². The SMILES string of the molecule is CN/N=C/c1ccccc1OCc1ccc(Cl)cc1. The molecule has 0 aliphatic rings. The summed E-state index contributed by atoms with van der Waals surface area (Å²) in [7, 11) is 1.76. The maximum atomic E-state index is 5.85. The van der Waals surface area contributed by atoms with Gasteiger partial charge in [-0.2, -0.15) is 5.10 Å². The lowest BCUT2D eigenvalue weighted by atomic mass is 10.2. The fourth-order valence-electron chi connectivity index (χ4n) is 1.59. The van der Waals surface area contributed by atoms with Gasteiger partial charge in [0.15, 0.2) is 0 Å². The number of halogens is 1. The van der Waals surface area contributed by atoms with Gasteiger partial charge in [-0.1, -0.05) is 35.9 Å². The number of hydrazone groups is 1. The predicted octanol–water partition coefficient (Wildman–Crippen LogP) is 3.47. The molecule has 0 amide bonds. The smallest absolute Gasteiger partial charge is 0.128 e. The van der Waals surface area contributed by atoms with Crippen molar-refractivity contribution in [1.82, 2.24) is 5.43 Å². The summed E-state index contributed by atoms with van der Waals surface area (Å²) in [5, 5.41) is 4.72. The Morgan fingerprint density at radius 1 is 1.16 bits per heavy atom. The number of hydrogen-bond donors (Lipinski definition) is 1.